The topological polar surface area (TPSA) is 120 Å². The number of aliphatic hydroxyl groups excluding tert-OH is 3. The molecule has 0 atom stereocenters. The summed E-state index contributed by atoms with van der Waals surface area (Å²) < 4.78 is 0. The van der Waals surface area contributed by atoms with Gasteiger partial charge in [-0.05, 0) is 24.6 Å². The number of aromatic hydroxyl groups is 1. The fourth-order valence-electron chi connectivity index (χ4n) is 1.45. The number of hydrogen-bond acceptors (Lipinski definition) is 6. The van der Waals surface area contributed by atoms with Gasteiger partial charge in [-0.1, -0.05) is 12.1 Å². The van der Waals surface area contributed by atoms with Gasteiger partial charge in [-0.25, -0.2) is 0 Å². The van der Waals surface area contributed by atoms with E-state index in [1.165, 1.54) is 0 Å². The standard InChI is InChI=1S/C10H9NO.C4H11NO3.Al/c1-7-5-6-11-10-8(7)3-2-4-9(10)12;5-4(1-6,2-7)3-8;/h2-6,12H,1H3;6-8H,1-3,5H2;. The Bertz CT molecular complexity index is 512. The maximum absolute atomic E-state index is 9.43. The third kappa shape index (κ3) is 5.25. The third-order valence-corrected chi connectivity index (χ3v) is 2.91. The molecule has 0 spiro atoms. The Hall–Kier alpha value is -1.20. The van der Waals surface area contributed by atoms with E-state index in [1.54, 1.807) is 12.3 Å². The first-order valence-electron chi connectivity index (χ1n) is 6.12. The summed E-state index contributed by atoms with van der Waals surface area (Å²) >= 11 is 0. The summed E-state index contributed by atoms with van der Waals surface area (Å²) in [6.45, 7) is 0.795. The highest BCUT2D eigenvalue weighted by atomic mass is 27.0. The minimum atomic E-state index is -1.21. The molecule has 21 heavy (non-hydrogen) atoms. The molecule has 0 bridgehead atoms. The quantitative estimate of drug-likeness (QED) is 0.489. The molecule has 0 aliphatic carbocycles. The molecule has 3 radical (unpaired) electrons. The van der Waals surface area contributed by atoms with Crippen LogP contribution in [0.25, 0.3) is 10.9 Å². The van der Waals surface area contributed by atoms with Crippen molar-refractivity contribution in [3.05, 3.63) is 36.0 Å². The molecule has 2 aromatic rings. The van der Waals surface area contributed by atoms with Gasteiger partial charge in [0.25, 0.3) is 0 Å². The molecule has 0 fully saturated rings. The van der Waals surface area contributed by atoms with E-state index in [1.807, 2.05) is 25.1 Å². The van der Waals surface area contributed by atoms with E-state index in [4.69, 9.17) is 21.1 Å². The lowest BCUT2D eigenvalue weighted by Crippen LogP contribution is -2.50. The Balaban J connectivity index is 0.000000397. The van der Waals surface area contributed by atoms with Gasteiger partial charge in [0.1, 0.15) is 11.3 Å². The first-order chi connectivity index (χ1) is 9.47. The summed E-state index contributed by atoms with van der Waals surface area (Å²) in [5.41, 5.74) is 5.75. The van der Waals surface area contributed by atoms with E-state index in [0.29, 0.717) is 5.52 Å². The zero-order valence-electron chi connectivity index (χ0n) is 11.9. The van der Waals surface area contributed by atoms with Crippen LogP contribution in [-0.2, 0) is 0 Å². The first-order valence-corrected chi connectivity index (χ1v) is 6.12. The molecule has 7 heteroatoms. The minimum Gasteiger partial charge on any atom is -0.506 e. The highest BCUT2D eigenvalue weighted by Gasteiger charge is 2.20. The number of para-hydroxylation sites is 1. The van der Waals surface area contributed by atoms with Gasteiger partial charge in [-0.2, -0.15) is 0 Å². The van der Waals surface area contributed by atoms with Crippen molar-refractivity contribution in [1.82, 2.24) is 4.98 Å². The average molecular weight is 307 g/mol. The molecule has 1 aromatic carbocycles. The smallest absolute Gasteiger partial charge is 0.141 e. The number of hydrogen-bond donors (Lipinski definition) is 5. The van der Waals surface area contributed by atoms with Crippen LogP contribution in [0.15, 0.2) is 30.5 Å². The molecule has 113 valence electrons. The fourth-order valence-corrected chi connectivity index (χ4v) is 1.45. The number of nitrogens with two attached hydrogens (primary N) is 1. The van der Waals surface area contributed by atoms with Crippen molar-refractivity contribution in [3.8, 4) is 5.75 Å². The number of phenolic OH excluding ortho intramolecular Hbond substituents is 1. The number of rotatable bonds is 3. The van der Waals surface area contributed by atoms with Crippen LogP contribution in [0, 0.1) is 6.92 Å². The van der Waals surface area contributed by atoms with Crippen LogP contribution >= 0.6 is 0 Å². The molecular weight excluding hydrogens is 287 g/mol. The maximum atomic E-state index is 9.43. The van der Waals surface area contributed by atoms with E-state index in [2.05, 4.69) is 4.98 Å². The van der Waals surface area contributed by atoms with Gasteiger partial charge < -0.3 is 26.2 Å². The van der Waals surface area contributed by atoms with Crippen LogP contribution < -0.4 is 5.73 Å². The lowest BCUT2D eigenvalue weighted by Gasteiger charge is -2.20. The van der Waals surface area contributed by atoms with Crippen LogP contribution in [-0.4, -0.2) is 68.1 Å². The molecule has 6 nitrogen and oxygen atoms in total. The van der Waals surface area contributed by atoms with Crippen molar-refractivity contribution in [2.24, 2.45) is 5.73 Å². The van der Waals surface area contributed by atoms with Crippen LogP contribution in [0.3, 0.4) is 0 Å². The van der Waals surface area contributed by atoms with Gasteiger partial charge in [-0.3, -0.25) is 4.98 Å². The molecule has 1 heterocycles. The number of aromatic nitrogens is 1. The Morgan fingerprint density at radius 3 is 2.10 bits per heavy atom. The van der Waals surface area contributed by atoms with Crippen LogP contribution in [0.5, 0.6) is 5.75 Å². The van der Waals surface area contributed by atoms with Crippen LogP contribution in [0.2, 0.25) is 0 Å². The highest BCUT2D eigenvalue weighted by molar-refractivity contribution is 5.86. The Kier molecular flexibility index (Phi) is 8.44. The van der Waals surface area contributed by atoms with Crippen LogP contribution in [0.1, 0.15) is 5.56 Å². The SMILES string of the molecule is Cc1ccnc2c(O)cccc12.NC(CO)(CO)CO.[Al]. The Morgan fingerprint density at radius 2 is 1.67 bits per heavy atom. The van der Waals surface area contributed by atoms with Crippen molar-refractivity contribution in [1.29, 1.82) is 0 Å². The molecule has 1 aromatic heterocycles. The van der Waals surface area contributed by atoms with Crippen molar-refractivity contribution < 1.29 is 20.4 Å². The summed E-state index contributed by atoms with van der Waals surface area (Å²) in [6.07, 6.45) is 1.71. The largest absolute Gasteiger partial charge is 0.506 e. The zero-order valence-corrected chi connectivity index (χ0v) is 13.1. The molecule has 0 aliphatic heterocycles. The lowest BCUT2D eigenvalue weighted by molar-refractivity contribution is 0.0698. The highest BCUT2D eigenvalue weighted by Crippen LogP contribution is 2.23. The number of fused-ring (bicyclic) bond motifs is 1. The summed E-state index contributed by atoms with van der Waals surface area (Å²) in [5, 5.41) is 35.5. The summed E-state index contributed by atoms with van der Waals surface area (Å²) in [7, 11) is 0. The van der Waals surface area contributed by atoms with Crippen molar-refractivity contribution >= 4 is 28.3 Å². The van der Waals surface area contributed by atoms with E-state index < -0.39 is 25.4 Å². The van der Waals surface area contributed by atoms with E-state index in [-0.39, 0.29) is 23.1 Å². The number of phenols is 1. The van der Waals surface area contributed by atoms with Crippen molar-refractivity contribution in [3.63, 3.8) is 0 Å². The molecule has 0 aliphatic rings. The van der Waals surface area contributed by atoms with Crippen molar-refractivity contribution in [2.45, 2.75) is 12.5 Å². The normalized spacial score (nSPS) is 10.5. The summed E-state index contributed by atoms with van der Waals surface area (Å²) in [4.78, 5) is 4.09. The number of nitrogens with zero attached hydrogens (tertiary/aromatic N) is 1. The molecule has 0 saturated carbocycles. The predicted molar refractivity (Wildman–Crippen MR) is 82.1 cm³/mol. The van der Waals surface area contributed by atoms with Gasteiger partial charge in [0, 0.05) is 28.9 Å². The monoisotopic (exact) mass is 307 g/mol. The molecule has 6 N–H and O–H groups in total. The molecule has 0 unspecified atom stereocenters. The average Bonchev–Trinajstić information content (AvgIpc) is 2.48. The number of pyridine rings is 1. The summed E-state index contributed by atoms with van der Waals surface area (Å²) in [5.74, 6) is 0.246. The third-order valence-electron chi connectivity index (χ3n) is 2.91. The van der Waals surface area contributed by atoms with E-state index >= 15 is 0 Å². The maximum Gasteiger partial charge on any atom is 0.141 e. The van der Waals surface area contributed by atoms with E-state index in [0.717, 1.165) is 10.9 Å². The summed E-state index contributed by atoms with van der Waals surface area (Å²) in [6, 6.07) is 7.36. The van der Waals surface area contributed by atoms with Gasteiger partial charge in [0.15, 0.2) is 0 Å². The Labute approximate surface area is 134 Å². The van der Waals surface area contributed by atoms with Gasteiger partial charge in [0.2, 0.25) is 0 Å². The molecule has 2 rings (SSSR count). The minimum absolute atomic E-state index is 0. The molecular formula is C14H20AlN2O4. The number of aryl methyl sites for hydroxylation is 1. The lowest BCUT2D eigenvalue weighted by atomic mass is 10.1. The second kappa shape index (κ2) is 8.95. The van der Waals surface area contributed by atoms with E-state index in [9.17, 15) is 5.11 Å². The second-order valence-corrected chi connectivity index (χ2v) is 4.64. The predicted octanol–water partition coefficient (Wildman–Crippen LogP) is -0.471. The first kappa shape index (κ1) is 19.8. The van der Waals surface area contributed by atoms with Gasteiger partial charge >= 0.3 is 0 Å². The number of aliphatic hydroxyl groups is 3. The molecule has 0 saturated heterocycles. The fraction of sp³-hybridized carbons (Fsp3) is 0.357. The van der Waals surface area contributed by atoms with Crippen LogP contribution in [0.4, 0.5) is 0 Å². The van der Waals surface area contributed by atoms with Gasteiger partial charge in [-0.15, -0.1) is 0 Å². The van der Waals surface area contributed by atoms with Gasteiger partial charge in [0.05, 0.1) is 25.4 Å². The zero-order chi connectivity index (χ0) is 15.2. The second-order valence-electron chi connectivity index (χ2n) is 4.64. The van der Waals surface area contributed by atoms with Crippen molar-refractivity contribution in [2.75, 3.05) is 19.8 Å². The molecule has 0 amide bonds. The Morgan fingerprint density at radius 1 is 1.10 bits per heavy atom. The number of benzene rings is 1.